The van der Waals surface area contributed by atoms with E-state index >= 15 is 0 Å². The van der Waals surface area contributed by atoms with E-state index in [0.717, 1.165) is 5.56 Å². The minimum Gasteiger partial charge on any atom is -0.329 e. The Labute approximate surface area is 144 Å². The molecule has 1 aromatic heterocycles. The van der Waals surface area contributed by atoms with Crippen LogP contribution in [0.5, 0.6) is 0 Å². The lowest BCUT2D eigenvalue weighted by Crippen LogP contribution is -2.36. The Morgan fingerprint density at radius 2 is 1.83 bits per heavy atom. The summed E-state index contributed by atoms with van der Waals surface area (Å²) in [6, 6.07) is 8.40. The molecule has 0 bridgehead atoms. The van der Waals surface area contributed by atoms with Crippen molar-refractivity contribution in [1.29, 1.82) is 0 Å². The van der Waals surface area contributed by atoms with Gasteiger partial charge in [-0.15, -0.1) is 0 Å². The number of carbonyl (C=O) groups excluding carboxylic acids is 2. The van der Waals surface area contributed by atoms with Gasteiger partial charge in [-0.1, -0.05) is 23.2 Å². The van der Waals surface area contributed by atoms with E-state index in [1.54, 1.807) is 42.7 Å². The summed E-state index contributed by atoms with van der Waals surface area (Å²) in [5, 5.41) is 3.45. The second-order valence-electron chi connectivity index (χ2n) is 4.91. The molecule has 1 N–H and O–H groups in total. The van der Waals surface area contributed by atoms with Crippen molar-refractivity contribution in [1.82, 2.24) is 9.88 Å². The van der Waals surface area contributed by atoms with E-state index in [1.807, 2.05) is 0 Å². The molecule has 7 heteroatoms. The van der Waals surface area contributed by atoms with Gasteiger partial charge in [0.1, 0.15) is 6.54 Å². The van der Waals surface area contributed by atoms with Gasteiger partial charge in [0.15, 0.2) is 0 Å². The molecule has 2 rings (SSSR count). The fourth-order valence-electron chi connectivity index (χ4n) is 1.93. The van der Waals surface area contributed by atoms with E-state index in [1.165, 1.54) is 11.8 Å². The first-order valence-corrected chi connectivity index (χ1v) is 7.60. The molecule has 5 nitrogen and oxygen atoms in total. The normalized spacial score (nSPS) is 10.2. The standard InChI is InChI=1S/C16H15Cl2N3O2/c1-11(22)21(9-12-4-6-19-7-5-12)10-16(23)20-13-2-3-14(17)15(18)8-13/h2-8H,9-10H2,1H3,(H,20,23). The number of carbonyl (C=O) groups is 2. The molecule has 0 aliphatic rings. The maximum Gasteiger partial charge on any atom is 0.244 e. The minimum absolute atomic E-state index is 0.0576. The molecule has 120 valence electrons. The van der Waals surface area contributed by atoms with Crippen LogP contribution >= 0.6 is 23.2 Å². The van der Waals surface area contributed by atoms with Crippen molar-refractivity contribution < 1.29 is 9.59 Å². The second-order valence-corrected chi connectivity index (χ2v) is 5.72. The molecule has 0 saturated carbocycles. The van der Waals surface area contributed by atoms with Gasteiger partial charge in [0.25, 0.3) is 0 Å². The number of halogens is 2. The molecule has 0 spiro atoms. The molecule has 0 atom stereocenters. The Hall–Kier alpha value is -2.11. The van der Waals surface area contributed by atoms with E-state index in [4.69, 9.17) is 23.2 Å². The Morgan fingerprint density at radius 1 is 1.13 bits per heavy atom. The Balaban J connectivity index is 2.00. The highest BCUT2D eigenvalue weighted by molar-refractivity contribution is 6.42. The molecule has 0 aliphatic heterocycles. The van der Waals surface area contributed by atoms with Crippen LogP contribution in [0.2, 0.25) is 10.0 Å². The summed E-state index contributed by atoms with van der Waals surface area (Å²) in [4.78, 5) is 29.2. The number of nitrogens with one attached hydrogen (secondary N) is 1. The zero-order valence-electron chi connectivity index (χ0n) is 12.4. The number of aromatic nitrogens is 1. The van der Waals surface area contributed by atoms with E-state index in [-0.39, 0.29) is 18.4 Å². The lowest BCUT2D eigenvalue weighted by Gasteiger charge is -2.20. The fourth-order valence-corrected chi connectivity index (χ4v) is 2.23. The van der Waals surface area contributed by atoms with Crippen molar-refractivity contribution in [3.05, 3.63) is 58.3 Å². The van der Waals surface area contributed by atoms with Gasteiger partial charge in [-0.05, 0) is 35.9 Å². The van der Waals surface area contributed by atoms with E-state index in [9.17, 15) is 9.59 Å². The SMILES string of the molecule is CC(=O)N(CC(=O)Nc1ccc(Cl)c(Cl)c1)Cc1ccncc1. The number of rotatable bonds is 5. The van der Waals surface area contributed by atoms with Gasteiger partial charge in [-0.3, -0.25) is 14.6 Å². The van der Waals surface area contributed by atoms with Crippen LogP contribution < -0.4 is 5.32 Å². The lowest BCUT2D eigenvalue weighted by molar-refractivity contribution is -0.133. The third-order valence-electron chi connectivity index (χ3n) is 3.11. The number of hydrogen-bond donors (Lipinski definition) is 1. The predicted molar refractivity (Wildman–Crippen MR) is 90.4 cm³/mol. The Kier molecular flexibility index (Phi) is 5.96. The van der Waals surface area contributed by atoms with Crippen molar-refractivity contribution in [3.63, 3.8) is 0 Å². The predicted octanol–water partition coefficient (Wildman–Crippen LogP) is 3.38. The summed E-state index contributed by atoms with van der Waals surface area (Å²) in [5.41, 5.74) is 1.43. The minimum atomic E-state index is -0.312. The van der Waals surface area contributed by atoms with Crippen molar-refractivity contribution in [2.45, 2.75) is 13.5 Å². The van der Waals surface area contributed by atoms with Crippen LogP contribution in [-0.2, 0) is 16.1 Å². The smallest absolute Gasteiger partial charge is 0.244 e. The summed E-state index contributed by atoms with van der Waals surface area (Å²) in [6.07, 6.45) is 3.28. The highest BCUT2D eigenvalue weighted by Gasteiger charge is 2.14. The first kappa shape index (κ1) is 17.2. The number of nitrogens with zero attached hydrogens (tertiary/aromatic N) is 2. The Morgan fingerprint density at radius 3 is 2.43 bits per heavy atom. The third kappa shape index (κ3) is 5.23. The summed E-state index contributed by atoms with van der Waals surface area (Å²) in [7, 11) is 0. The molecule has 1 heterocycles. The van der Waals surface area contributed by atoms with Gasteiger partial charge in [0, 0.05) is 31.5 Å². The van der Waals surface area contributed by atoms with Gasteiger partial charge in [-0.25, -0.2) is 0 Å². The van der Waals surface area contributed by atoms with Crippen molar-refractivity contribution in [2.75, 3.05) is 11.9 Å². The number of benzene rings is 1. The van der Waals surface area contributed by atoms with Crippen LogP contribution in [0.15, 0.2) is 42.7 Å². The molecule has 23 heavy (non-hydrogen) atoms. The highest BCUT2D eigenvalue weighted by atomic mass is 35.5. The largest absolute Gasteiger partial charge is 0.329 e. The molecule has 0 fully saturated rings. The first-order valence-electron chi connectivity index (χ1n) is 6.85. The van der Waals surface area contributed by atoms with Crippen molar-refractivity contribution in [2.24, 2.45) is 0 Å². The topological polar surface area (TPSA) is 62.3 Å². The monoisotopic (exact) mass is 351 g/mol. The summed E-state index contributed by atoms with van der Waals surface area (Å²) < 4.78 is 0. The van der Waals surface area contributed by atoms with Crippen molar-refractivity contribution in [3.8, 4) is 0 Å². The van der Waals surface area contributed by atoms with Crippen LogP contribution in [0.1, 0.15) is 12.5 Å². The molecule has 2 aromatic rings. The van der Waals surface area contributed by atoms with Gasteiger partial charge in [-0.2, -0.15) is 0 Å². The van der Waals surface area contributed by atoms with E-state index in [2.05, 4.69) is 10.3 Å². The Bertz CT molecular complexity index is 708. The fraction of sp³-hybridized carbons (Fsp3) is 0.188. The first-order chi connectivity index (χ1) is 11.0. The van der Waals surface area contributed by atoms with Crippen LogP contribution in [-0.4, -0.2) is 28.2 Å². The quantitative estimate of drug-likeness (QED) is 0.897. The van der Waals surface area contributed by atoms with Crippen LogP contribution in [0.3, 0.4) is 0 Å². The molecule has 1 aromatic carbocycles. The molecule has 0 saturated heterocycles. The average Bonchev–Trinajstić information content (AvgIpc) is 2.51. The van der Waals surface area contributed by atoms with Crippen LogP contribution in [0.25, 0.3) is 0 Å². The number of amides is 2. The van der Waals surface area contributed by atoms with Crippen molar-refractivity contribution >= 4 is 40.7 Å². The molecule has 0 radical (unpaired) electrons. The van der Waals surface area contributed by atoms with Gasteiger partial charge in [0.05, 0.1) is 10.0 Å². The average molecular weight is 352 g/mol. The third-order valence-corrected chi connectivity index (χ3v) is 3.84. The summed E-state index contributed by atoms with van der Waals surface area (Å²) in [5.74, 6) is -0.501. The second kappa shape index (κ2) is 7.94. The molecule has 0 unspecified atom stereocenters. The molecule has 2 amide bonds. The zero-order valence-corrected chi connectivity index (χ0v) is 13.9. The van der Waals surface area contributed by atoms with E-state index < -0.39 is 0 Å². The van der Waals surface area contributed by atoms with E-state index in [0.29, 0.717) is 22.3 Å². The summed E-state index contributed by atoms with van der Waals surface area (Å²) in [6.45, 7) is 1.71. The number of hydrogen-bond acceptors (Lipinski definition) is 3. The maximum absolute atomic E-state index is 12.1. The lowest BCUT2D eigenvalue weighted by atomic mass is 10.2. The molecular weight excluding hydrogens is 337 g/mol. The van der Waals surface area contributed by atoms with Crippen LogP contribution in [0, 0.1) is 0 Å². The molecular formula is C16H15Cl2N3O2. The van der Waals surface area contributed by atoms with Crippen LogP contribution in [0.4, 0.5) is 5.69 Å². The highest BCUT2D eigenvalue weighted by Crippen LogP contribution is 2.24. The summed E-state index contributed by atoms with van der Waals surface area (Å²) >= 11 is 11.7. The van der Waals surface area contributed by atoms with Gasteiger partial charge in [0.2, 0.25) is 11.8 Å². The molecule has 0 aliphatic carbocycles. The maximum atomic E-state index is 12.1. The van der Waals surface area contributed by atoms with Gasteiger partial charge >= 0.3 is 0 Å². The number of anilines is 1. The zero-order chi connectivity index (χ0) is 16.8. The van der Waals surface area contributed by atoms with Gasteiger partial charge < -0.3 is 10.2 Å². The number of pyridine rings is 1.